The Labute approximate surface area is 124 Å². The SMILES string of the molecule is COC(=O)[C@H]1CCCCN1Cc1ccc2ncccc2c1. The quantitative estimate of drug-likeness (QED) is 0.813. The Kier molecular flexibility index (Phi) is 4.15. The van der Waals surface area contributed by atoms with Gasteiger partial charge in [-0.15, -0.1) is 0 Å². The third kappa shape index (κ3) is 3.05. The van der Waals surface area contributed by atoms with E-state index in [0.717, 1.165) is 43.3 Å². The van der Waals surface area contributed by atoms with Gasteiger partial charge in [0.15, 0.2) is 0 Å². The number of methoxy groups -OCH3 is 1. The summed E-state index contributed by atoms with van der Waals surface area (Å²) in [5, 5.41) is 1.14. The maximum Gasteiger partial charge on any atom is 0.323 e. The fourth-order valence-corrected chi connectivity index (χ4v) is 3.04. The number of carbonyl (C=O) groups excluding carboxylic acids is 1. The van der Waals surface area contributed by atoms with Crippen molar-refractivity contribution >= 4 is 16.9 Å². The lowest BCUT2D eigenvalue weighted by Crippen LogP contribution is -2.44. The predicted octanol–water partition coefficient (Wildman–Crippen LogP) is 2.76. The van der Waals surface area contributed by atoms with Crippen LogP contribution in [0.4, 0.5) is 0 Å². The Morgan fingerprint density at radius 2 is 2.29 bits per heavy atom. The summed E-state index contributed by atoms with van der Waals surface area (Å²) in [4.78, 5) is 18.5. The molecule has 1 aliphatic rings. The molecule has 4 heteroatoms. The molecule has 0 saturated carbocycles. The van der Waals surface area contributed by atoms with E-state index in [4.69, 9.17) is 4.74 Å². The molecule has 0 N–H and O–H groups in total. The van der Waals surface area contributed by atoms with Crippen molar-refractivity contribution in [1.82, 2.24) is 9.88 Å². The molecule has 3 rings (SSSR count). The van der Waals surface area contributed by atoms with Crippen LogP contribution in [0.15, 0.2) is 36.5 Å². The molecule has 0 spiro atoms. The first-order chi connectivity index (χ1) is 10.3. The van der Waals surface area contributed by atoms with E-state index >= 15 is 0 Å². The number of likely N-dealkylation sites (tertiary alicyclic amines) is 1. The fourth-order valence-electron chi connectivity index (χ4n) is 3.04. The van der Waals surface area contributed by atoms with Gasteiger partial charge in [-0.2, -0.15) is 0 Å². The van der Waals surface area contributed by atoms with Gasteiger partial charge in [-0.25, -0.2) is 0 Å². The largest absolute Gasteiger partial charge is 0.468 e. The van der Waals surface area contributed by atoms with Gasteiger partial charge in [-0.3, -0.25) is 14.7 Å². The molecular weight excluding hydrogens is 264 g/mol. The molecule has 0 radical (unpaired) electrons. The predicted molar refractivity (Wildman–Crippen MR) is 81.8 cm³/mol. The van der Waals surface area contributed by atoms with E-state index < -0.39 is 0 Å². The molecule has 1 aromatic carbocycles. The van der Waals surface area contributed by atoms with E-state index in [2.05, 4.69) is 28.1 Å². The molecule has 0 bridgehead atoms. The zero-order chi connectivity index (χ0) is 14.7. The van der Waals surface area contributed by atoms with E-state index in [-0.39, 0.29) is 12.0 Å². The van der Waals surface area contributed by atoms with Crippen molar-refractivity contribution < 1.29 is 9.53 Å². The second-order valence-corrected chi connectivity index (χ2v) is 5.54. The summed E-state index contributed by atoms with van der Waals surface area (Å²) >= 11 is 0. The highest BCUT2D eigenvalue weighted by Gasteiger charge is 2.29. The minimum absolute atomic E-state index is 0.103. The monoisotopic (exact) mass is 284 g/mol. The minimum Gasteiger partial charge on any atom is -0.468 e. The molecule has 0 unspecified atom stereocenters. The number of rotatable bonds is 3. The first-order valence-electron chi connectivity index (χ1n) is 7.43. The number of hydrogen-bond donors (Lipinski definition) is 0. The van der Waals surface area contributed by atoms with E-state index in [1.54, 1.807) is 6.20 Å². The maximum absolute atomic E-state index is 11.9. The molecular formula is C17H20N2O2. The first kappa shape index (κ1) is 14.0. The minimum atomic E-state index is -0.114. The van der Waals surface area contributed by atoms with Gasteiger partial charge in [-0.1, -0.05) is 18.6 Å². The molecule has 1 saturated heterocycles. The summed E-state index contributed by atoms with van der Waals surface area (Å²) in [6, 6.07) is 10.2. The average Bonchev–Trinajstić information content (AvgIpc) is 2.54. The van der Waals surface area contributed by atoms with Crippen LogP contribution in [0.5, 0.6) is 0 Å². The topological polar surface area (TPSA) is 42.4 Å². The van der Waals surface area contributed by atoms with E-state index in [1.807, 2.05) is 12.1 Å². The Morgan fingerprint density at radius 3 is 3.14 bits per heavy atom. The summed E-state index contributed by atoms with van der Waals surface area (Å²) in [6.45, 7) is 1.73. The third-order valence-electron chi connectivity index (χ3n) is 4.14. The van der Waals surface area contributed by atoms with Crippen molar-refractivity contribution in [2.24, 2.45) is 0 Å². The molecule has 2 heterocycles. The molecule has 1 aromatic heterocycles. The van der Waals surface area contributed by atoms with Gasteiger partial charge in [-0.05, 0) is 43.1 Å². The smallest absolute Gasteiger partial charge is 0.323 e. The van der Waals surface area contributed by atoms with E-state index in [9.17, 15) is 4.79 Å². The molecule has 0 amide bonds. The molecule has 1 atom stereocenters. The van der Waals surface area contributed by atoms with Crippen LogP contribution in [0.3, 0.4) is 0 Å². The van der Waals surface area contributed by atoms with Crippen LogP contribution < -0.4 is 0 Å². The number of pyridine rings is 1. The number of aromatic nitrogens is 1. The number of carbonyl (C=O) groups is 1. The lowest BCUT2D eigenvalue weighted by atomic mass is 10.0. The third-order valence-corrected chi connectivity index (χ3v) is 4.14. The van der Waals surface area contributed by atoms with Crippen molar-refractivity contribution in [1.29, 1.82) is 0 Å². The van der Waals surface area contributed by atoms with Crippen LogP contribution >= 0.6 is 0 Å². The van der Waals surface area contributed by atoms with Gasteiger partial charge in [0.05, 0.1) is 12.6 Å². The van der Waals surface area contributed by atoms with E-state index in [0.29, 0.717) is 0 Å². The summed E-state index contributed by atoms with van der Waals surface area (Å²) < 4.78 is 4.94. The molecule has 4 nitrogen and oxygen atoms in total. The number of piperidine rings is 1. The average molecular weight is 284 g/mol. The number of benzene rings is 1. The van der Waals surface area contributed by atoms with Crippen LogP contribution in [0.2, 0.25) is 0 Å². The van der Waals surface area contributed by atoms with Gasteiger partial charge in [0.1, 0.15) is 6.04 Å². The van der Waals surface area contributed by atoms with Gasteiger partial charge in [0.2, 0.25) is 0 Å². The summed E-state index contributed by atoms with van der Waals surface area (Å²) in [5.41, 5.74) is 2.22. The number of hydrogen-bond acceptors (Lipinski definition) is 4. The summed E-state index contributed by atoms with van der Waals surface area (Å²) in [7, 11) is 1.47. The fraction of sp³-hybridized carbons (Fsp3) is 0.412. The van der Waals surface area contributed by atoms with Crippen LogP contribution in [-0.4, -0.2) is 35.5 Å². The van der Waals surface area contributed by atoms with Crippen molar-refractivity contribution in [3.8, 4) is 0 Å². The normalized spacial score (nSPS) is 19.6. The number of ether oxygens (including phenoxy) is 1. The van der Waals surface area contributed by atoms with Gasteiger partial charge >= 0.3 is 5.97 Å². The molecule has 1 fully saturated rings. The Balaban J connectivity index is 1.80. The van der Waals surface area contributed by atoms with Crippen molar-refractivity contribution in [3.63, 3.8) is 0 Å². The van der Waals surface area contributed by atoms with Gasteiger partial charge in [0.25, 0.3) is 0 Å². The number of fused-ring (bicyclic) bond motifs is 1. The Hall–Kier alpha value is -1.94. The number of nitrogens with zero attached hydrogens (tertiary/aromatic N) is 2. The highest BCUT2D eigenvalue weighted by atomic mass is 16.5. The molecule has 2 aromatic rings. The first-order valence-corrected chi connectivity index (χ1v) is 7.43. The molecule has 21 heavy (non-hydrogen) atoms. The second kappa shape index (κ2) is 6.22. The molecule has 110 valence electrons. The molecule has 1 aliphatic heterocycles. The lowest BCUT2D eigenvalue weighted by Gasteiger charge is -2.33. The number of esters is 1. The second-order valence-electron chi connectivity index (χ2n) is 5.54. The maximum atomic E-state index is 11.9. The van der Waals surface area contributed by atoms with E-state index in [1.165, 1.54) is 12.7 Å². The summed E-state index contributed by atoms with van der Waals surface area (Å²) in [5.74, 6) is -0.114. The van der Waals surface area contributed by atoms with Crippen molar-refractivity contribution in [2.45, 2.75) is 31.8 Å². The van der Waals surface area contributed by atoms with Crippen molar-refractivity contribution in [2.75, 3.05) is 13.7 Å². The Bertz CT molecular complexity index is 641. The van der Waals surface area contributed by atoms with Gasteiger partial charge < -0.3 is 4.74 Å². The zero-order valence-electron chi connectivity index (χ0n) is 12.3. The van der Waals surface area contributed by atoms with Gasteiger partial charge in [0, 0.05) is 18.1 Å². The van der Waals surface area contributed by atoms with Crippen LogP contribution in [0, 0.1) is 0 Å². The van der Waals surface area contributed by atoms with Crippen molar-refractivity contribution in [3.05, 3.63) is 42.1 Å². The standard InChI is InChI=1S/C17H20N2O2/c1-21-17(20)16-6-2-3-10-19(16)12-13-7-8-15-14(11-13)5-4-9-18-15/h4-5,7-9,11,16H,2-3,6,10,12H2,1H3/t16-/m1/s1. The highest BCUT2D eigenvalue weighted by Crippen LogP contribution is 2.22. The molecule has 0 aliphatic carbocycles. The lowest BCUT2D eigenvalue weighted by molar-refractivity contribution is -0.148. The zero-order valence-corrected chi connectivity index (χ0v) is 12.3. The van der Waals surface area contributed by atoms with Crippen LogP contribution in [0.25, 0.3) is 10.9 Å². The van der Waals surface area contributed by atoms with Crippen LogP contribution in [-0.2, 0) is 16.1 Å². The van der Waals surface area contributed by atoms with Crippen LogP contribution in [0.1, 0.15) is 24.8 Å². The highest BCUT2D eigenvalue weighted by molar-refractivity contribution is 5.79. The summed E-state index contributed by atoms with van der Waals surface area (Å²) in [6.07, 6.45) is 4.93. The Morgan fingerprint density at radius 1 is 1.38 bits per heavy atom.